The molecule has 0 radical (unpaired) electrons. The minimum Gasteiger partial charge on any atom is -0.312 e. The molecule has 0 bridgehead atoms. The van der Waals surface area contributed by atoms with Crippen LogP contribution in [0.1, 0.15) is 52.4 Å². The molecule has 0 aromatic heterocycles. The highest BCUT2D eigenvalue weighted by Gasteiger charge is 2.16. The lowest BCUT2D eigenvalue weighted by atomic mass is 9.96. The standard InChI is InChI=1S/C10H21N.ClH/c1-3-4-7-10-8-5-6-9(2)11-10;/h9-11H,3-8H2,1-2H3;1H. The van der Waals surface area contributed by atoms with Crippen LogP contribution in [0.3, 0.4) is 0 Å². The summed E-state index contributed by atoms with van der Waals surface area (Å²) in [6, 6.07) is 1.60. The zero-order chi connectivity index (χ0) is 8.10. The Morgan fingerprint density at radius 1 is 1.33 bits per heavy atom. The third kappa shape index (κ3) is 4.32. The van der Waals surface area contributed by atoms with Crippen molar-refractivity contribution < 1.29 is 0 Å². The molecule has 12 heavy (non-hydrogen) atoms. The maximum atomic E-state index is 3.65. The molecule has 0 aliphatic carbocycles. The van der Waals surface area contributed by atoms with Crippen LogP contribution in [0.15, 0.2) is 0 Å². The third-order valence-electron chi connectivity index (χ3n) is 2.62. The first-order chi connectivity index (χ1) is 5.33. The van der Waals surface area contributed by atoms with Crippen molar-refractivity contribution in [1.82, 2.24) is 5.32 Å². The minimum atomic E-state index is 0. The average Bonchev–Trinajstić information content (AvgIpc) is 2.01. The molecule has 74 valence electrons. The highest BCUT2D eigenvalue weighted by Crippen LogP contribution is 2.16. The van der Waals surface area contributed by atoms with E-state index < -0.39 is 0 Å². The summed E-state index contributed by atoms with van der Waals surface area (Å²) in [7, 11) is 0. The smallest absolute Gasteiger partial charge is 0.00695 e. The summed E-state index contributed by atoms with van der Waals surface area (Å²) in [5.41, 5.74) is 0. The summed E-state index contributed by atoms with van der Waals surface area (Å²) in [4.78, 5) is 0. The number of hydrogen-bond acceptors (Lipinski definition) is 1. The van der Waals surface area contributed by atoms with Gasteiger partial charge in [-0.1, -0.05) is 26.2 Å². The van der Waals surface area contributed by atoms with Gasteiger partial charge in [-0.25, -0.2) is 0 Å². The first-order valence-electron chi connectivity index (χ1n) is 5.09. The van der Waals surface area contributed by atoms with Crippen molar-refractivity contribution in [1.29, 1.82) is 0 Å². The molecule has 0 aromatic carbocycles. The van der Waals surface area contributed by atoms with E-state index >= 15 is 0 Å². The van der Waals surface area contributed by atoms with E-state index in [-0.39, 0.29) is 12.4 Å². The van der Waals surface area contributed by atoms with Gasteiger partial charge in [0.05, 0.1) is 0 Å². The van der Waals surface area contributed by atoms with Gasteiger partial charge in [0, 0.05) is 12.1 Å². The number of halogens is 1. The molecule has 2 unspecified atom stereocenters. The highest BCUT2D eigenvalue weighted by atomic mass is 35.5. The molecule has 0 aromatic rings. The van der Waals surface area contributed by atoms with Crippen LogP contribution in [0.25, 0.3) is 0 Å². The van der Waals surface area contributed by atoms with Crippen LogP contribution in [0.2, 0.25) is 0 Å². The van der Waals surface area contributed by atoms with Gasteiger partial charge in [-0.05, 0) is 26.2 Å². The van der Waals surface area contributed by atoms with Gasteiger partial charge in [0.15, 0.2) is 0 Å². The summed E-state index contributed by atoms with van der Waals surface area (Å²) >= 11 is 0. The van der Waals surface area contributed by atoms with Crippen molar-refractivity contribution in [2.24, 2.45) is 0 Å². The van der Waals surface area contributed by atoms with E-state index in [1.54, 1.807) is 0 Å². The van der Waals surface area contributed by atoms with Crippen molar-refractivity contribution in [3.63, 3.8) is 0 Å². The molecule has 1 rings (SSSR count). The van der Waals surface area contributed by atoms with Gasteiger partial charge in [-0.15, -0.1) is 12.4 Å². The van der Waals surface area contributed by atoms with Crippen LogP contribution < -0.4 is 5.32 Å². The highest BCUT2D eigenvalue weighted by molar-refractivity contribution is 5.85. The number of nitrogens with one attached hydrogen (secondary N) is 1. The lowest BCUT2D eigenvalue weighted by Gasteiger charge is -2.28. The molecule has 0 spiro atoms. The van der Waals surface area contributed by atoms with E-state index in [1.165, 1.54) is 38.5 Å². The molecule has 1 aliphatic heterocycles. The average molecular weight is 192 g/mol. The Hall–Kier alpha value is 0.250. The largest absolute Gasteiger partial charge is 0.312 e. The quantitative estimate of drug-likeness (QED) is 0.723. The molecule has 1 aliphatic rings. The Bertz CT molecular complexity index is 106. The van der Waals surface area contributed by atoms with Gasteiger partial charge in [0.1, 0.15) is 0 Å². The molecular weight excluding hydrogens is 170 g/mol. The summed E-state index contributed by atoms with van der Waals surface area (Å²) in [6.07, 6.45) is 8.34. The summed E-state index contributed by atoms with van der Waals surface area (Å²) in [5.74, 6) is 0. The van der Waals surface area contributed by atoms with E-state index in [0.29, 0.717) is 0 Å². The van der Waals surface area contributed by atoms with Gasteiger partial charge in [-0.2, -0.15) is 0 Å². The number of hydrogen-bond donors (Lipinski definition) is 1. The van der Waals surface area contributed by atoms with E-state index in [9.17, 15) is 0 Å². The lowest BCUT2D eigenvalue weighted by Crippen LogP contribution is -2.40. The first-order valence-corrected chi connectivity index (χ1v) is 5.09. The van der Waals surface area contributed by atoms with Crippen LogP contribution in [0.5, 0.6) is 0 Å². The second kappa shape index (κ2) is 6.73. The topological polar surface area (TPSA) is 12.0 Å². The van der Waals surface area contributed by atoms with Crippen LogP contribution in [0.4, 0.5) is 0 Å². The van der Waals surface area contributed by atoms with Crippen molar-refractivity contribution >= 4 is 12.4 Å². The van der Waals surface area contributed by atoms with Crippen molar-refractivity contribution in [2.45, 2.75) is 64.5 Å². The summed E-state index contributed by atoms with van der Waals surface area (Å²) in [6.45, 7) is 4.57. The fraction of sp³-hybridized carbons (Fsp3) is 1.00. The predicted molar refractivity (Wildman–Crippen MR) is 57.0 cm³/mol. The Labute approximate surface area is 82.7 Å². The van der Waals surface area contributed by atoms with Gasteiger partial charge in [0.2, 0.25) is 0 Å². The van der Waals surface area contributed by atoms with Gasteiger partial charge < -0.3 is 5.32 Å². The molecular formula is C10H22ClN. The van der Waals surface area contributed by atoms with E-state index in [1.807, 2.05) is 0 Å². The fourth-order valence-corrected chi connectivity index (χ4v) is 1.92. The molecule has 1 fully saturated rings. The maximum absolute atomic E-state index is 3.65. The van der Waals surface area contributed by atoms with Gasteiger partial charge in [0.25, 0.3) is 0 Å². The number of rotatable bonds is 3. The molecule has 2 atom stereocenters. The molecule has 1 N–H and O–H groups in total. The summed E-state index contributed by atoms with van der Waals surface area (Å²) in [5, 5.41) is 3.65. The van der Waals surface area contributed by atoms with Gasteiger partial charge >= 0.3 is 0 Å². The monoisotopic (exact) mass is 191 g/mol. The zero-order valence-electron chi connectivity index (χ0n) is 8.31. The Morgan fingerprint density at radius 2 is 2.08 bits per heavy atom. The van der Waals surface area contributed by atoms with E-state index in [4.69, 9.17) is 0 Å². The molecule has 2 heteroatoms. The Kier molecular flexibility index (Phi) is 6.87. The third-order valence-corrected chi connectivity index (χ3v) is 2.62. The second-order valence-corrected chi connectivity index (χ2v) is 3.84. The van der Waals surface area contributed by atoms with Crippen LogP contribution in [0, 0.1) is 0 Å². The van der Waals surface area contributed by atoms with Crippen molar-refractivity contribution in [3.8, 4) is 0 Å². The fourth-order valence-electron chi connectivity index (χ4n) is 1.92. The van der Waals surface area contributed by atoms with Crippen LogP contribution in [-0.4, -0.2) is 12.1 Å². The normalized spacial score (nSPS) is 29.5. The molecule has 0 amide bonds. The van der Waals surface area contributed by atoms with Crippen molar-refractivity contribution in [3.05, 3.63) is 0 Å². The summed E-state index contributed by atoms with van der Waals surface area (Å²) < 4.78 is 0. The molecule has 1 nitrogen and oxygen atoms in total. The number of piperidine rings is 1. The predicted octanol–water partition coefficient (Wildman–Crippen LogP) is 3.13. The van der Waals surface area contributed by atoms with Gasteiger partial charge in [-0.3, -0.25) is 0 Å². The minimum absolute atomic E-state index is 0. The second-order valence-electron chi connectivity index (χ2n) is 3.84. The Morgan fingerprint density at radius 3 is 2.67 bits per heavy atom. The molecule has 0 saturated carbocycles. The maximum Gasteiger partial charge on any atom is 0.00695 e. The zero-order valence-corrected chi connectivity index (χ0v) is 9.12. The van der Waals surface area contributed by atoms with Crippen LogP contribution in [-0.2, 0) is 0 Å². The first kappa shape index (κ1) is 12.2. The SMILES string of the molecule is CCCCC1CCCC(C)N1.Cl. The Balaban J connectivity index is 0.00000121. The molecule has 1 saturated heterocycles. The number of unbranched alkanes of at least 4 members (excludes halogenated alkanes) is 1. The van der Waals surface area contributed by atoms with Crippen molar-refractivity contribution in [2.75, 3.05) is 0 Å². The van der Waals surface area contributed by atoms with E-state index in [2.05, 4.69) is 19.2 Å². The van der Waals surface area contributed by atoms with E-state index in [0.717, 1.165) is 12.1 Å². The lowest BCUT2D eigenvalue weighted by molar-refractivity contribution is 0.317. The van der Waals surface area contributed by atoms with Crippen LogP contribution >= 0.6 is 12.4 Å². The molecule has 1 heterocycles.